The van der Waals surface area contributed by atoms with E-state index >= 15 is 0 Å². The molecule has 0 unspecified atom stereocenters. The Balaban J connectivity index is 2.38. The monoisotopic (exact) mass is 390 g/mol. The maximum absolute atomic E-state index is 12.0. The molecule has 1 aromatic rings. The summed E-state index contributed by atoms with van der Waals surface area (Å²) >= 11 is 2.24. The number of hydrogen-bond acceptors (Lipinski definition) is 4. The van der Waals surface area contributed by atoms with Crippen LogP contribution < -0.4 is 0 Å². The Hall–Kier alpha value is -0.660. The summed E-state index contributed by atoms with van der Waals surface area (Å²) in [5.74, 6) is -1.10. The second-order valence-electron chi connectivity index (χ2n) is 4.74. The van der Waals surface area contributed by atoms with Crippen LogP contribution in [0.3, 0.4) is 0 Å². The molecule has 0 N–H and O–H groups in total. The quantitative estimate of drug-likeness (QED) is 0.584. The average molecular weight is 390 g/mol. The largest absolute Gasteiger partial charge is 0.467 e. The van der Waals surface area contributed by atoms with Crippen molar-refractivity contribution in [2.24, 2.45) is 0 Å². The van der Waals surface area contributed by atoms with E-state index in [4.69, 9.17) is 14.2 Å². The molecule has 20 heavy (non-hydrogen) atoms. The van der Waals surface area contributed by atoms with Crippen molar-refractivity contribution in [2.75, 3.05) is 7.11 Å². The number of halogens is 1. The van der Waals surface area contributed by atoms with Crippen LogP contribution in [0.4, 0.5) is 0 Å². The lowest BCUT2D eigenvalue weighted by atomic mass is 10.0. The van der Waals surface area contributed by atoms with Gasteiger partial charge in [0.15, 0.2) is 11.9 Å². The Bertz CT molecular complexity index is 485. The van der Waals surface area contributed by atoms with E-state index in [2.05, 4.69) is 22.6 Å². The maximum atomic E-state index is 12.0. The van der Waals surface area contributed by atoms with Crippen molar-refractivity contribution in [3.05, 3.63) is 33.4 Å². The molecule has 2 atom stereocenters. The SMILES string of the molecule is CCC1(CC)O[C@H](C(=O)OC)[C@@H](c2ccccc2I)O1. The van der Waals surface area contributed by atoms with Gasteiger partial charge in [-0.3, -0.25) is 0 Å². The fourth-order valence-corrected chi connectivity index (χ4v) is 3.11. The molecule has 0 spiro atoms. The van der Waals surface area contributed by atoms with Crippen molar-refractivity contribution in [3.63, 3.8) is 0 Å². The van der Waals surface area contributed by atoms with Crippen molar-refractivity contribution in [2.45, 2.75) is 44.7 Å². The summed E-state index contributed by atoms with van der Waals surface area (Å²) in [4.78, 5) is 12.0. The van der Waals surface area contributed by atoms with Crippen LogP contribution in [-0.2, 0) is 19.0 Å². The molecule has 1 fully saturated rings. The highest BCUT2D eigenvalue weighted by molar-refractivity contribution is 14.1. The molecule has 0 bridgehead atoms. The Morgan fingerprint density at radius 1 is 1.30 bits per heavy atom. The van der Waals surface area contributed by atoms with Gasteiger partial charge >= 0.3 is 5.97 Å². The number of rotatable bonds is 4. The zero-order valence-corrected chi connectivity index (χ0v) is 14.0. The van der Waals surface area contributed by atoms with E-state index in [1.807, 2.05) is 38.1 Å². The molecule has 1 heterocycles. The maximum Gasteiger partial charge on any atom is 0.338 e. The van der Waals surface area contributed by atoms with Crippen LogP contribution in [0.15, 0.2) is 24.3 Å². The third kappa shape index (κ3) is 2.84. The van der Waals surface area contributed by atoms with Gasteiger partial charge in [-0.1, -0.05) is 32.0 Å². The van der Waals surface area contributed by atoms with Gasteiger partial charge in [-0.2, -0.15) is 0 Å². The molecular formula is C15H19IO4. The predicted octanol–water partition coefficient (Wildman–Crippen LogP) is 3.44. The van der Waals surface area contributed by atoms with Crippen molar-refractivity contribution < 1.29 is 19.0 Å². The van der Waals surface area contributed by atoms with Gasteiger partial charge in [0.1, 0.15) is 6.10 Å². The third-order valence-corrected chi connectivity index (χ3v) is 4.66. The molecule has 1 aliphatic heterocycles. The van der Waals surface area contributed by atoms with Gasteiger partial charge in [-0.25, -0.2) is 4.79 Å². The molecule has 2 rings (SSSR count). The highest BCUT2D eigenvalue weighted by Crippen LogP contribution is 2.43. The molecule has 1 aliphatic rings. The standard InChI is InChI=1S/C15H19IO4/c1-4-15(5-2)19-12(13(20-15)14(17)18-3)10-8-6-7-9-11(10)16/h6-9,12-13H,4-5H2,1-3H3/t12-,13+/m1/s1. The Labute approximate surface area is 132 Å². The Morgan fingerprint density at radius 2 is 1.95 bits per heavy atom. The first kappa shape index (κ1) is 15.7. The van der Waals surface area contributed by atoms with Crippen LogP contribution in [0.5, 0.6) is 0 Å². The number of carbonyl (C=O) groups excluding carboxylic acids is 1. The predicted molar refractivity (Wildman–Crippen MR) is 83.2 cm³/mol. The minimum atomic E-state index is -0.712. The zero-order chi connectivity index (χ0) is 14.8. The normalized spacial score (nSPS) is 24.6. The molecule has 0 saturated carbocycles. The third-order valence-electron chi connectivity index (χ3n) is 3.68. The van der Waals surface area contributed by atoms with Gasteiger partial charge in [-0.15, -0.1) is 0 Å². The minimum Gasteiger partial charge on any atom is -0.467 e. The molecule has 0 amide bonds. The van der Waals surface area contributed by atoms with Gasteiger partial charge in [0.2, 0.25) is 0 Å². The van der Waals surface area contributed by atoms with Gasteiger partial charge in [-0.05, 0) is 47.1 Å². The van der Waals surface area contributed by atoms with Gasteiger partial charge in [0.25, 0.3) is 0 Å². The fraction of sp³-hybridized carbons (Fsp3) is 0.533. The molecule has 0 aliphatic carbocycles. The van der Waals surface area contributed by atoms with E-state index in [0.29, 0.717) is 12.8 Å². The van der Waals surface area contributed by atoms with E-state index in [0.717, 1.165) is 9.13 Å². The topological polar surface area (TPSA) is 44.8 Å². The lowest BCUT2D eigenvalue weighted by Crippen LogP contribution is -2.32. The van der Waals surface area contributed by atoms with Crippen LogP contribution in [0.1, 0.15) is 38.4 Å². The summed E-state index contributed by atoms with van der Waals surface area (Å²) < 4.78 is 18.0. The van der Waals surface area contributed by atoms with Crippen LogP contribution in [0.25, 0.3) is 0 Å². The summed E-state index contributed by atoms with van der Waals surface area (Å²) in [6.07, 6.45) is 0.250. The Morgan fingerprint density at radius 3 is 2.50 bits per heavy atom. The highest BCUT2D eigenvalue weighted by atomic mass is 127. The first-order valence-corrected chi connectivity index (χ1v) is 7.82. The number of carbonyl (C=O) groups is 1. The van der Waals surface area contributed by atoms with E-state index in [9.17, 15) is 4.79 Å². The van der Waals surface area contributed by atoms with E-state index in [-0.39, 0.29) is 0 Å². The van der Waals surface area contributed by atoms with Gasteiger partial charge < -0.3 is 14.2 Å². The number of ether oxygens (including phenoxy) is 3. The van der Waals surface area contributed by atoms with Crippen LogP contribution in [-0.4, -0.2) is 25.0 Å². The molecule has 5 heteroatoms. The van der Waals surface area contributed by atoms with Gasteiger partial charge in [0, 0.05) is 3.57 Å². The van der Waals surface area contributed by atoms with E-state index in [1.165, 1.54) is 7.11 Å². The highest BCUT2D eigenvalue weighted by Gasteiger charge is 2.50. The van der Waals surface area contributed by atoms with E-state index in [1.54, 1.807) is 0 Å². The molecule has 1 aromatic carbocycles. The molecule has 0 aromatic heterocycles. The van der Waals surface area contributed by atoms with Crippen LogP contribution in [0.2, 0.25) is 0 Å². The molecular weight excluding hydrogens is 371 g/mol. The smallest absolute Gasteiger partial charge is 0.338 e. The van der Waals surface area contributed by atoms with Crippen molar-refractivity contribution >= 4 is 28.6 Å². The number of benzene rings is 1. The molecule has 0 radical (unpaired) electrons. The first-order chi connectivity index (χ1) is 9.56. The lowest BCUT2D eigenvalue weighted by Gasteiger charge is -2.25. The van der Waals surface area contributed by atoms with Gasteiger partial charge in [0.05, 0.1) is 7.11 Å². The Kier molecular flexibility index (Phi) is 5.04. The molecule has 1 saturated heterocycles. The minimum absolute atomic E-state index is 0.390. The first-order valence-electron chi connectivity index (χ1n) is 6.74. The average Bonchev–Trinajstić information content (AvgIpc) is 2.87. The van der Waals surface area contributed by atoms with Crippen LogP contribution >= 0.6 is 22.6 Å². The summed E-state index contributed by atoms with van der Waals surface area (Å²) in [5.41, 5.74) is 0.965. The van der Waals surface area contributed by atoms with E-state index < -0.39 is 24.0 Å². The van der Waals surface area contributed by atoms with Crippen molar-refractivity contribution in [3.8, 4) is 0 Å². The summed E-state index contributed by atoms with van der Waals surface area (Å²) in [6.45, 7) is 3.99. The summed E-state index contributed by atoms with van der Waals surface area (Å²) in [5, 5.41) is 0. The van der Waals surface area contributed by atoms with Crippen LogP contribution in [0, 0.1) is 3.57 Å². The second kappa shape index (κ2) is 6.41. The molecule has 110 valence electrons. The number of esters is 1. The second-order valence-corrected chi connectivity index (χ2v) is 5.90. The fourth-order valence-electron chi connectivity index (χ4n) is 2.42. The lowest BCUT2D eigenvalue weighted by molar-refractivity contribution is -0.187. The zero-order valence-electron chi connectivity index (χ0n) is 11.9. The van der Waals surface area contributed by atoms with Crippen molar-refractivity contribution in [1.82, 2.24) is 0 Å². The number of methoxy groups -OCH3 is 1. The number of hydrogen-bond donors (Lipinski definition) is 0. The summed E-state index contributed by atoms with van der Waals surface area (Å²) in [6, 6.07) is 7.85. The molecule has 4 nitrogen and oxygen atoms in total. The van der Waals surface area contributed by atoms with Crippen molar-refractivity contribution in [1.29, 1.82) is 0 Å². The summed E-state index contributed by atoms with van der Waals surface area (Å²) in [7, 11) is 1.37.